The Balaban J connectivity index is 2.44. The van der Waals surface area contributed by atoms with Crippen LogP contribution in [0.4, 0.5) is 5.82 Å². The Hall–Kier alpha value is -2.02. The SMILES string of the molecule is C#CCCCCNc1cc(C(=O)OC)ccn1. The van der Waals surface area contributed by atoms with E-state index in [1.54, 1.807) is 18.3 Å². The standard InChI is InChI=1S/C13H16N2O2/c1-3-4-5-6-8-14-12-10-11(7-9-15-12)13(16)17-2/h1,7,9-10H,4-6,8H2,2H3,(H,14,15). The Kier molecular flexibility index (Phi) is 5.59. The number of carbonyl (C=O) groups is 1. The number of anilines is 1. The molecule has 0 aliphatic rings. The number of esters is 1. The van der Waals surface area contributed by atoms with Crippen molar-refractivity contribution in [1.82, 2.24) is 4.98 Å². The van der Waals surface area contributed by atoms with Gasteiger partial charge in [-0.1, -0.05) is 0 Å². The van der Waals surface area contributed by atoms with E-state index >= 15 is 0 Å². The molecule has 0 amide bonds. The van der Waals surface area contributed by atoms with Crippen LogP contribution in [0.25, 0.3) is 0 Å². The van der Waals surface area contributed by atoms with Crippen molar-refractivity contribution in [1.29, 1.82) is 0 Å². The summed E-state index contributed by atoms with van der Waals surface area (Å²) < 4.78 is 4.63. The molecule has 1 N–H and O–H groups in total. The van der Waals surface area contributed by atoms with Crippen LogP contribution in [0, 0.1) is 12.3 Å². The fourth-order valence-corrected chi connectivity index (χ4v) is 1.34. The number of hydrogen-bond donors (Lipinski definition) is 1. The number of aromatic nitrogens is 1. The maximum absolute atomic E-state index is 11.3. The van der Waals surface area contributed by atoms with Gasteiger partial charge in [0.25, 0.3) is 0 Å². The molecule has 4 heteroatoms. The number of methoxy groups -OCH3 is 1. The third kappa shape index (κ3) is 4.56. The summed E-state index contributed by atoms with van der Waals surface area (Å²) in [6.45, 7) is 0.791. The van der Waals surface area contributed by atoms with Crippen LogP contribution in [0.3, 0.4) is 0 Å². The molecule has 0 atom stereocenters. The van der Waals surface area contributed by atoms with E-state index in [0.29, 0.717) is 11.4 Å². The largest absolute Gasteiger partial charge is 0.465 e. The van der Waals surface area contributed by atoms with Gasteiger partial charge in [0.05, 0.1) is 12.7 Å². The quantitative estimate of drug-likeness (QED) is 0.463. The van der Waals surface area contributed by atoms with Crippen molar-refractivity contribution in [2.75, 3.05) is 19.0 Å². The second-order valence-electron chi connectivity index (χ2n) is 3.51. The maximum atomic E-state index is 11.3. The van der Waals surface area contributed by atoms with Gasteiger partial charge < -0.3 is 10.1 Å². The minimum atomic E-state index is -0.359. The zero-order valence-corrected chi connectivity index (χ0v) is 9.90. The summed E-state index contributed by atoms with van der Waals surface area (Å²) >= 11 is 0. The number of pyridine rings is 1. The molecule has 0 saturated carbocycles. The summed E-state index contributed by atoms with van der Waals surface area (Å²) in [4.78, 5) is 15.4. The topological polar surface area (TPSA) is 51.2 Å². The van der Waals surface area contributed by atoms with Crippen LogP contribution in [0.15, 0.2) is 18.3 Å². The molecule has 4 nitrogen and oxygen atoms in total. The molecule has 1 rings (SSSR count). The summed E-state index contributed by atoms with van der Waals surface area (Å²) in [6.07, 6.45) is 9.49. The number of nitrogens with one attached hydrogen (secondary N) is 1. The summed E-state index contributed by atoms with van der Waals surface area (Å²) in [7, 11) is 1.36. The van der Waals surface area contributed by atoms with Crippen molar-refractivity contribution in [2.24, 2.45) is 0 Å². The third-order valence-electron chi connectivity index (χ3n) is 2.24. The molecular formula is C13H16N2O2. The first-order valence-electron chi connectivity index (χ1n) is 5.49. The van der Waals surface area contributed by atoms with Crippen molar-refractivity contribution in [2.45, 2.75) is 19.3 Å². The van der Waals surface area contributed by atoms with Crippen LogP contribution in [0.1, 0.15) is 29.6 Å². The van der Waals surface area contributed by atoms with Crippen molar-refractivity contribution >= 4 is 11.8 Å². The molecular weight excluding hydrogens is 216 g/mol. The molecule has 0 bridgehead atoms. The number of nitrogens with zero attached hydrogens (tertiary/aromatic N) is 1. The first-order chi connectivity index (χ1) is 8.27. The van der Waals surface area contributed by atoms with Gasteiger partial charge in [-0.15, -0.1) is 12.3 Å². The minimum Gasteiger partial charge on any atom is -0.465 e. The lowest BCUT2D eigenvalue weighted by Crippen LogP contribution is -2.06. The van der Waals surface area contributed by atoms with E-state index in [9.17, 15) is 4.79 Å². The Labute approximate surface area is 101 Å². The van der Waals surface area contributed by atoms with Crippen LogP contribution in [0.2, 0.25) is 0 Å². The molecule has 0 saturated heterocycles. The second-order valence-corrected chi connectivity index (χ2v) is 3.51. The zero-order chi connectivity index (χ0) is 12.5. The van der Waals surface area contributed by atoms with Gasteiger partial charge in [-0.2, -0.15) is 0 Å². The van der Waals surface area contributed by atoms with Gasteiger partial charge in [0.2, 0.25) is 0 Å². The van der Waals surface area contributed by atoms with Crippen molar-refractivity contribution in [3.8, 4) is 12.3 Å². The normalized spacial score (nSPS) is 9.41. The monoisotopic (exact) mass is 232 g/mol. The van der Waals surface area contributed by atoms with Gasteiger partial charge in [-0.25, -0.2) is 9.78 Å². The van der Waals surface area contributed by atoms with Crippen molar-refractivity contribution in [3.63, 3.8) is 0 Å². The molecule has 0 fully saturated rings. The molecule has 0 spiro atoms. The van der Waals surface area contributed by atoms with Crippen LogP contribution >= 0.6 is 0 Å². The first-order valence-corrected chi connectivity index (χ1v) is 5.49. The van der Waals surface area contributed by atoms with E-state index in [1.165, 1.54) is 7.11 Å². The molecule has 1 heterocycles. The lowest BCUT2D eigenvalue weighted by molar-refractivity contribution is 0.0600. The second kappa shape index (κ2) is 7.29. The number of rotatable bonds is 6. The highest BCUT2D eigenvalue weighted by atomic mass is 16.5. The first kappa shape index (κ1) is 13.0. The average molecular weight is 232 g/mol. The van der Waals surface area contributed by atoms with Crippen LogP contribution in [0.5, 0.6) is 0 Å². The van der Waals surface area contributed by atoms with Crippen LogP contribution in [-0.4, -0.2) is 24.6 Å². The molecule has 1 aromatic heterocycles. The molecule has 0 aromatic carbocycles. The average Bonchev–Trinajstić information content (AvgIpc) is 2.38. The van der Waals surface area contributed by atoms with E-state index in [-0.39, 0.29) is 5.97 Å². The van der Waals surface area contributed by atoms with Crippen LogP contribution in [-0.2, 0) is 4.74 Å². The number of unbranched alkanes of at least 4 members (excludes halogenated alkanes) is 2. The molecule has 90 valence electrons. The predicted octanol–water partition coefficient (Wildman–Crippen LogP) is 2.08. The molecule has 17 heavy (non-hydrogen) atoms. The highest BCUT2D eigenvalue weighted by Crippen LogP contribution is 2.08. The lowest BCUT2D eigenvalue weighted by atomic mass is 10.2. The molecule has 0 radical (unpaired) electrons. The Morgan fingerprint density at radius 1 is 1.59 bits per heavy atom. The van der Waals surface area contributed by atoms with Gasteiger partial charge in [0.1, 0.15) is 5.82 Å². The van der Waals surface area contributed by atoms with E-state index in [2.05, 4.69) is 21.0 Å². The van der Waals surface area contributed by atoms with Gasteiger partial charge in [-0.3, -0.25) is 0 Å². The lowest BCUT2D eigenvalue weighted by Gasteiger charge is -2.05. The van der Waals surface area contributed by atoms with E-state index < -0.39 is 0 Å². The van der Waals surface area contributed by atoms with E-state index in [4.69, 9.17) is 6.42 Å². The fourth-order valence-electron chi connectivity index (χ4n) is 1.34. The Morgan fingerprint density at radius 2 is 2.41 bits per heavy atom. The smallest absolute Gasteiger partial charge is 0.338 e. The number of ether oxygens (including phenoxy) is 1. The van der Waals surface area contributed by atoms with Crippen LogP contribution < -0.4 is 5.32 Å². The van der Waals surface area contributed by atoms with Crippen molar-refractivity contribution < 1.29 is 9.53 Å². The van der Waals surface area contributed by atoms with Gasteiger partial charge in [0, 0.05) is 19.2 Å². The summed E-state index contributed by atoms with van der Waals surface area (Å²) in [5.74, 6) is 2.91. The number of hydrogen-bond acceptors (Lipinski definition) is 4. The van der Waals surface area contributed by atoms with Crippen molar-refractivity contribution in [3.05, 3.63) is 23.9 Å². The van der Waals surface area contributed by atoms with E-state index in [0.717, 1.165) is 25.8 Å². The molecule has 0 unspecified atom stereocenters. The zero-order valence-electron chi connectivity index (χ0n) is 9.90. The molecule has 1 aromatic rings. The van der Waals surface area contributed by atoms with Gasteiger partial charge >= 0.3 is 5.97 Å². The van der Waals surface area contributed by atoms with Gasteiger partial charge in [0.15, 0.2) is 0 Å². The highest BCUT2D eigenvalue weighted by molar-refractivity contribution is 5.89. The minimum absolute atomic E-state index is 0.359. The Bertz CT molecular complexity index is 410. The summed E-state index contributed by atoms with van der Waals surface area (Å²) in [5.41, 5.74) is 0.494. The Morgan fingerprint density at radius 3 is 3.12 bits per heavy atom. The summed E-state index contributed by atoms with van der Waals surface area (Å²) in [5, 5.41) is 3.14. The molecule has 0 aliphatic carbocycles. The highest BCUT2D eigenvalue weighted by Gasteiger charge is 2.05. The maximum Gasteiger partial charge on any atom is 0.338 e. The molecule has 0 aliphatic heterocycles. The fraction of sp³-hybridized carbons (Fsp3) is 0.385. The number of terminal acetylenes is 1. The summed E-state index contributed by atoms with van der Waals surface area (Å²) in [6, 6.07) is 3.29. The van der Waals surface area contributed by atoms with E-state index in [1.807, 2.05) is 0 Å². The number of carbonyl (C=O) groups excluding carboxylic acids is 1. The predicted molar refractivity (Wildman–Crippen MR) is 66.8 cm³/mol. The van der Waals surface area contributed by atoms with Gasteiger partial charge in [-0.05, 0) is 25.0 Å². The third-order valence-corrected chi connectivity index (χ3v) is 2.24.